The monoisotopic (exact) mass is 817 g/mol. The van der Waals surface area contributed by atoms with E-state index in [1.165, 1.54) is 76.4 Å². The van der Waals surface area contributed by atoms with E-state index < -0.39 is 8.07 Å². The van der Waals surface area contributed by atoms with Crippen molar-refractivity contribution in [1.82, 2.24) is 4.98 Å². The van der Waals surface area contributed by atoms with E-state index >= 15 is 0 Å². The second-order valence-electron chi connectivity index (χ2n) is 16.9. The summed E-state index contributed by atoms with van der Waals surface area (Å²) in [6.07, 6.45) is 0. The molecule has 10 aromatic rings. The molecule has 296 valence electrons. The van der Waals surface area contributed by atoms with Crippen LogP contribution in [0.1, 0.15) is 45.2 Å². The molecule has 0 radical (unpaired) electrons. The van der Waals surface area contributed by atoms with E-state index in [4.69, 9.17) is 4.98 Å². The van der Waals surface area contributed by atoms with Crippen LogP contribution in [0.4, 0.5) is 0 Å². The van der Waals surface area contributed by atoms with E-state index in [9.17, 15) is 0 Å². The highest BCUT2D eigenvalue weighted by atomic mass is 28.3. The average molecular weight is 818 g/mol. The molecule has 1 heterocycles. The van der Waals surface area contributed by atoms with Gasteiger partial charge in [0, 0.05) is 23.0 Å². The summed E-state index contributed by atoms with van der Waals surface area (Å²) in [5.41, 5.74) is 17.6. The summed E-state index contributed by atoms with van der Waals surface area (Å²) in [6, 6.07) is 92.8. The third-order valence-corrected chi connectivity index (χ3v) is 18.4. The summed E-state index contributed by atoms with van der Waals surface area (Å²) in [5.74, 6) is 0.0998. The number of nitrogens with zero attached hydrogens (tertiary/aromatic N) is 1. The second kappa shape index (κ2) is 15.4. The lowest BCUT2D eigenvalue weighted by molar-refractivity contribution is 0.760. The molecule has 0 aliphatic heterocycles. The van der Waals surface area contributed by atoms with Crippen molar-refractivity contribution < 1.29 is 0 Å². The van der Waals surface area contributed by atoms with Crippen LogP contribution in [0.3, 0.4) is 0 Å². The van der Waals surface area contributed by atoms with Crippen LogP contribution in [-0.4, -0.2) is 13.1 Å². The van der Waals surface area contributed by atoms with Gasteiger partial charge in [-0.25, -0.2) is 4.98 Å². The first kappa shape index (κ1) is 37.1. The lowest BCUT2D eigenvalue weighted by Gasteiger charge is -2.47. The normalized spacial score (nSPS) is 14.7. The average Bonchev–Trinajstić information content (AvgIpc) is 3.37. The van der Waals surface area contributed by atoms with Gasteiger partial charge in [0.2, 0.25) is 0 Å². The Hall–Kier alpha value is -7.65. The van der Waals surface area contributed by atoms with Crippen LogP contribution in [-0.2, 0) is 0 Å². The molecule has 1 aromatic heterocycles. The third kappa shape index (κ3) is 6.02. The van der Waals surface area contributed by atoms with Crippen molar-refractivity contribution in [3.05, 3.63) is 282 Å². The minimum absolute atomic E-state index is 0.00808. The van der Waals surface area contributed by atoms with Crippen LogP contribution in [0.15, 0.2) is 249 Å². The number of benzene rings is 9. The summed E-state index contributed by atoms with van der Waals surface area (Å²) in [5, 5.41) is 5.60. The highest BCUT2D eigenvalue weighted by molar-refractivity contribution is 7.20. The van der Waals surface area contributed by atoms with Gasteiger partial charge in [0.1, 0.15) is 0 Å². The fraction of sp³-hybridized carbons (Fsp3) is 0.0328. The minimum Gasteiger partial charge on any atom is -0.248 e. The van der Waals surface area contributed by atoms with E-state index in [2.05, 4.69) is 249 Å². The van der Waals surface area contributed by atoms with Gasteiger partial charge in [-0.05, 0) is 88.5 Å². The van der Waals surface area contributed by atoms with Crippen LogP contribution >= 0.6 is 0 Å². The molecule has 63 heavy (non-hydrogen) atoms. The highest BCUT2D eigenvalue weighted by Crippen LogP contribution is 2.57. The molecule has 3 aliphatic rings. The topological polar surface area (TPSA) is 12.9 Å². The Bertz CT molecular complexity index is 3180. The number of pyridine rings is 1. The standard InChI is InChI=1S/C61H43NSi/c1-6-21-42(22-7-1)45-27-18-32-49(39-45)63(47-28-12-4-13-29-47,48-30-14-5-15-31-48)57-38-20-37-54-58-51-33-16-17-34-52(51)61(60(54)57)59-50(35-19-36-53(58)59)46-40-55(43-23-8-2-9-24-43)62-56(41-46)44-25-10-3-11-26-44/h1-41,58,61H. The fourth-order valence-electron chi connectivity index (χ4n) is 11.0. The second-order valence-corrected chi connectivity index (χ2v) is 20.7. The molecule has 2 atom stereocenters. The van der Waals surface area contributed by atoms with Crippen LogP contribution in [0.2, 0.25) is 0 Å². The van der Waals surface area contributed by atoms with Gasteiger partial charge in [-0.1, -0.05) is 237 Å². The van der Waals surface area contributed by atoms with Gasteiger partial charge in [0.15, 0.2) is 8.07 Å². The third-order valence-electron chi connectivity index (χ3n) is 13.6. The van der Waals surface area contributed by atoms with E-state index in [1.54, 1.807) is 0 Å². The van der Waals surface area contributed by atoms with E-state index in [-0.39, 0.29) is 11.8 Å². The Kier molecular flexibility index (Phi) is 9.05. The molecule has 1 nitrogen and oxygen atoms in total. The molecule has 2 unspecified atom stereocenters. The predicted octanol–water partition coefficient (Wildman–Crippen LogP) is 12.1. The van der Waals surface area contributed by atoms with Crippen molar-refractivity contribution in [1.29, 1.82) is 0 Å². The van der Waals surface area contributed by atoms with Gasteiger partial charge in [-0.15, -0.1) is 0 Å². The first-order valence-electron chi connectivity index (χ1n) is 22.0. The maximum Gasteiger partial charge on any atom is 0.179 e. The summed E-state index contributed by atoms with van der Waals surface area (Å²) in [7, 11) is -3.04. The molecule has 0 saturated heterocycles. The molecule has 3 aliphatic carbocycles. The molecular formula is C61H43NSi. The summed E-state index contributed by atoms with van der Waals surface area (Å²) < 4.78 is 0. The molecule has 0 fully saturated rings. The maximum atomic E-state index is 5.31. The minimum atomic E-state index is -3.04. The molecule has 0 amide bonds. The largest absolute Gasteiger partial charge is 0.248 e. The first-order valence-corrected chi connectivity index (χ1v) is 24.0. The van der Waals surface area contributed by atoms with Crippen LogP contribution < -0.4 is 20.7 Å². The fourth-order valence-corrected chi connectivity index (χ4v) is 16.1. The molecule has 9 aromatic carbocycles. The Morgan fingerprint density at radius 2 is 0.714 bits per heavy atom. The first-order chi connectivity index (χ1) is 31.3. The van der Waals surface area contributed by atoms with Gasteiger partial charge >= 0.3 is 0 Å². The van der Waals surface area contributed by atoms with Crippen molar-refractivity contribution in [2.45, 2.75) is 11.8 Å². The van der Waals surface area contributed by atoms with Gasteiger partial charge in [-0.3, -0.25) is 0 Å². The van der Waals surface area contributed by atoms with Crippen molar-refractivity contribution >= 4 is 28.8 Å². The highest BCUT2D eigenvalue weighted by Gasteiger charge is 2.49. The number of hydrogen-bond acceptors (Lipinski definition) is 1. The number of aromatic nitrogens is 1. The van der Waals surface area contributed by atoms with Gasteiger partial charge in [0.05, 0.1) is 11.4 Å². The zero-order valence-electron chi connectivity index (χ0n) is 34.8. The van der Waals surface area contributed by atoms with Crippen molar-refractivity contribution in [2.24, 2.45) is 0 Å². The summed E-state index contributed by atoms with van der Waals surface area (Å²) in [4.78, 5) is 5.31. The Morgan fingerprint density at radius 3 is 1.30 bits per heavy atom. The molecule has 13 rings (SSSR count). The molecular weight excluding hydrogens is 775 g/mol. The van der Waals surface area contributed by atoms with Crippen molar-refractivity contribution in [2.75, 3.05) is 0 Å². The zero-order valence-corrected chi connectivity index (χ0v) is 35.8. The number of rotatable bonds is 8. The Labute approximate surface area is 370 Å². The zero-order chi connectivity index (χ0) is 41.7. The lowest BCUT2D eigenvalue weighted by Crippen LogP contribution is -2.75. The van der Waals surface area contributed by atoms with Gasteiger partial charge in [-0.2, -0.15) is 0 Å². The van der Waals surface area contributed by atoms with Crippen LogP contribution in [0.5, 0.6) is 0 Å². The van der Waals surface area contributed by atoms with Gasteiger partial charge in [0.25, 0.3) is 0 Å². The van der Waals surface area contributed by atoms with E-state index in [0.29, 0.717) is 0 Å². The van der Waals surface area contributed by atoms with Crippen LogP contribution in [0.25, 0.3) is 44.8 Å². The molecule has 2 bridgehead atoms. The van der Waals surface area contributed by atoms with Crippen LogP contribution in [0, 0.1) is 0 Å². The molecule has 0 N–H and O–H groups in total. The van der Waals surface area contributed by atoms with Crippen molar-refractivity contribution in [3.63, 3.8) is 0 Å². The lowest BCUT2D eigenvalue weighted by atomic mass is 9.60. The number of hydrogen-bond donors (Lipinski definition) is 0. The summed E-state index contributed by atoms with van der Waals surface area (Å²) >= 11 is 0. The van der Waals surface area contributed by atoms with Gasteiger partial charge < -0.3 is 0 Å². The van der Waals surface area contributed by atoms with E-state index in [1.807, 2.05) is 0 Å². The quantitative estimate of drug-likeness (QED) is 0.110. The predicted molar refractivity (Wildman–Crippen MR) is 264 cm³/mol. The smallest absolute Gasteiger partial charge is 0.179 e. The van der Waals surface area contributed by atoms with Crippen molar-refractivity contribution in [3.8, 4) is 44.8 Å². The maximum absolute atomic E-state index is 5.31. The summed E-state index contributed by atoms with van der Waals surface area (Å²) in [6.45, 7) is 0. The van der Waals surface area contributed by atoms with E-state index in [0.717, 1.165) is 22.5 Å². The Balaban J connectivity index is 1.16. The Morgan fingerprint density at radius 1 is 0.286 bits per heavy atom. The molecule has 2 heteroatoms. The molecule has 0 spiro atoms. The molecule has 0 saturated carbocycles. The SMILES string of the molecule is c1ccc(-c2cccc([Si](c3ccccc3)(c3ccccc3)c3cccc4c3C3c5ccccc5C4c4cccc(-c5cc(-c6ccccc6)nc(-c6ccccc6)c5)c43)c2)cc1.